The number of carbonyl (C=O) groups is 1. The quantitative estimate of drug-likeness (QED) is 0.577. The number of hydrogen-bond donors (Lipinski definition) is 2. The summed E-state index contributed by atoms with van der Waals surface area (Å²) in [5, 5.41) is 7.30. The normalized spacial score (nSPS) is 23.5. The zero-order valence-electron chi connectivity index (χ0n) is 9.26. The lowest BCUT2D eigenvalue weighted by molar-refractivity contribution is -0.124. The molecule has 1 fully saturated rings. The maximum Gasteiger partial charge on any atom is 0.224 e. The zero-order valence-corrected chi connectivity index (χ0v) is 10.9. The monoisotopic (exact) mass is 284 g/mol. The number of hydrogen-bond acceptors (Lipinski definition) is 5. The van der Waals surface area contributed by atoms with Gasteiger partial charge in [0.25, 0.3) is 0 Å². The molecule has 1 rings (SSSR count). The summed E-state index contributed by atoms with van der Waals surface area (Å²) in [4.78, 5) is 11.5. The lowest BCUT2D eigenvalue weighted by Gasteiger charge is -2.08. The summed E-state index contributed by atoms with van der Waals surface area (Å²) in [6, 6.07) is 0. The highest BCUT2D eigenvalue weighted by Gasteiger charge is 2.32. The molecule has 1 saturated heterocycles. The summed E-state index contributed by atoms with van der Waals surface area (Å²) >= 11 is 0. The van der Waals surface area contributed by atoms with E-state index in [4.69, 9.17) is 5.14 Å². The summed E-state index contributed by atoms with van der Waals surface area (Å²) < 4.78 is 43.5. The van der Waals surface area contributed by atoms with Gasteiger partial charge in [0, 0.05) is 6.54 Å². The van der Waals surface area contributed by atoms with Crippen molar-refractivity contribution in [3.8, 4) is 0 Å². The average Bonchev–Trinajstić information content (AvgIpc) is 2.52. The molecule has 100 valence electrons. The van der Waals surface area contributed by atoms with Crippen LogP contribution in [-0.2, 0) is 24.7 Å². The van der Waals surface area contributed by atoms with Gasteiger partial charge in [0.2, 0.25) is 15.9 Å². The predicted octanol–water partition coefficient (Wildman–Crippen LogP) is -1.78. The first-order valence-corrected chi connectivity index (χ1v) is 8.72. The van der Waals surface area contributed by atoms with Crippen LogP contribution in [0.25, 0.3) is 0 Å². The molecule has 0 aromatic carbocycles. The maximum atomic E-state index is 11.5. The molecule has 0 aliphatic carbocycles. The van der Waals surface area contributed by atoms with Crippen molar-refractivity contribution in [1.29, 1.82) is 0 Å². The summed E-state index contributed by atoms with van der Waals surface area (Å²) in [7, 11) is -6.58. The van der Waals surface area contributed by atoms with E-state index in [0.29, 0.717) is 6.42 Å². The van der Waals surface area contributed by atoms with Crippen molar-refractivity contribution in [3.05, 3.63) is 0 Å². The molecule has 1 atom stereocenters. The van der Waals surface area contributed by atoms with Crippen LogP contribution in [0.1, 0.15) is 12.8 Å². The standard InChI is InChI=1S/C8H16N2O5S2/c9-17(14,15)4-1-3-10-8(11)7-2-5-16(12,13)6-7/h7H,1-6H2,(H,10,11)(H2,9,14,15). The van der Waals surface area contributed by atoms with E-state index in [0.717, 1.165) is 0 Å². The Labute approximate surface area is 101 Å². The smallest absolute Gasteiger partial charge is 0.224 e. The predicted molar refractivity (Wildman–Crippen MR) is 62.4 cm³/mol. The van der Waals surface area contributed by atoms with Crippen molar-refractivity contribution in [1.82, 2.24) is 5.32 Å². The van der Waals surface area contributed by atoms with Crippen LogP contribution in [0.5, 0.6) is 0 Å². The van der Waals surface area contributed by atoms with E-state index in [1.165, 1.54) is 0 Å². The third kappa shape index (κ3) is 5.46. The first-order valence-electron chi connectivity index (χ1n) is 5.18. The molecule has 17 heavy (non-hydrogen) atoms. The van der Waals surface area contributed by atoms with Gasteiger partial charge < -0.3 is 5.32 Å². The van der Waals surface area contributed by atoms with E-state index >= 15 is 0 Å². The van der Waals surface area contributed by atoms with Crippen molar-refractivity contribution in [2.24, 2.45) is 11.1 Å². The molecule has 0 saturated carbocycles. The second-order valence-electron chi connectivity index (χ2n) is 4.11. The number of primary sulfonamides is 1. The molecule has 0 bridgehead atoms. The first kappa shape index (κ1) is 14.4. The Bertz CT molecular complexity index is 482. The van der Waals surface area contributed by atoms with Crippen molar-refractivity contribution in [2.75, 3.05) is 23.8 Å². The Hall–Kier alpha value is -0.670. The Balaban J connectivity index is 2.27. The zero-order chi connectivity index (χ0) is 13.1. The number of nitrogens with one attached hydrogen (secondary N) is 1. The van der Waals surface area contributed by atoms with Gasteiger partial charge in [0.05, 0.1) is 23.2 Å². The van der Waals surface area contributed by atoms with Gasteiger partial charge in [-0.05, 0) is 12.8 Å². The molecular weight excluding hydrogens is 268 g/mol. The fraction of sp³-hybridized carbons (Fsp3) is 0.875. The van der Waals surface area contributed by atoms with E-state index < -0.39 is 25.8 Å². The van der Waals surface area contributed by atoms with Gasteiger partial charge in [-0.3, -0.25) is 4.79 Å². The molecule has 7 nitrogen and oxygen atoms in total. The van der Waals surface area contributed by atoms with Gasteiger partial charge in [-0.25, -0.2) is 22.0 Å². The third-order valence-corrected chi connectivity index (χ3v) is 5.13. The largest absolute Gasteiger partial charge is 0.356 e. The van der Waals surface area contributed by atoms with Crippen LogP contribution in [0.2, 0.25) is 0 Å². The van der Waals surface area contributed by atoms with E-state index in [1.54, 1.807) is 0 Å². The maximum absolute atomic E-state index is 11.5. The molecule has 3 N–H and O–H groups in total. The minimum Gasteiger partial charge on any atom is -0.356 e. The molecule has 0 aromatic rings. The highest BCUT2D eigenvalue weighted by atomic mass is 32.2. The molecule has 1 amide bonds. The number of nitrogens with two attached hydrogens (primary N) is 1. The van der Waals surface area contributed by atoms with E-state index in [2.05, 4.69) is 5.32 Å². The van der Waals surface area contributed by atoms with Gasteiger partial charge in [-0.1, -0.05) is 0 Å². The van der Waals surface area contributed by atoms with Gasteiger partial charge >= 0.3 is 0 Å². The number of rotatable bonds is 5. The Morgan fingerprint density at radius 1 is 1.41 bits per heavy atom. The second-order valence-corrected chi connectivity index (χ2v) is 8.07. The molecule has 1 unspecified atom stereocenters. The van der Waals surface area contributed by atoms with E-state index in [-0.39, 0.29) is 36.1 Å². The number of sulfonamides is 1. The third-order valence-electron chi connectivity index (χ3n) is 2.51. The molecule has 0 radical (unpaired) electrons. The summed E-state index contributed by atoms with van der Waals surface area (Å²) in [6.07, 6.45) is 0.563. The van der Waals surface area contributed by atoms with Gasteiger partial charge in [-0.2, -0.15) is 0 Å². The van der Waals surface area contributed by atoms with Crippen molar-refractivity contribution < 1.29 is 21.6 Å². The number of carbonyl (C=O) groups excluding carboxylic acids is 1. The summed E-state index contributed by atoms with van der Waals surface area (Å²) in [5.74, 6) is -1.11. The topological polar surface area (TPSA) is 123 Å². The molecule has 0 spiro atoms. The second kappa shape index (κ2) is 5.32. The molecule has 1 aliphatic rings. The fourth-order valence-corrected chi connectivity index (χ4v) is 3.92. The molecule has 9 heteroatoms. The average molecular weight is 284 g/mol. The van der Waals surface area contributed by atoms with Crippen LogP contribution in [-0.4, -0.2) is 46.5 Å². The highest BCUT2D eigenvalue weighted by molar-refractivity contribution is 7.91. The van der Waals surface area contributed by atoms with Crippen LogP contribution >= 0.6 is 0 Å². The minimum absolute atomic E-state index is 0.0439. The van der Waals surface area contributed by atoms with E-state index in [9.17, 15) is 21.6 Å². The van der Waals surface area contributed by atoms with Crippen molar-refractivity contribution in [2.45, 2.75) is 12.8 Å². The van der Waals surface area contributed by atoms with Crippen LogP contribution in [0.15, 0.2) is 0 Å². The molecule has 1 heterocycles. The molecule has 1 aliphatic heterocycles. The van der Waals surface area contributed by atoms with Crippen LogP contribution in [0.4, 0.5) is 0 Å². The van der Waals surface area contributed by atoms with Gasteiger partial charge in [-0.15, -0.1) is 0 Å². The van der Waals surface area contributed by atoms with Crippen LogP contribution < -0.4 is 10.5 Å². The Morgan fingerprint density at radius 2 is 2.06 bits per heavy atom. The Morgan fingerprint density at radius 3 is 2.53 bits per heavy atom. The van der Waals surface area contributed by atoms with Crippen LogP contribution in [0, 0.1) is 5.92 Å². The number of amides is 1. The van der Waals surface area contributed by atoms with Crippen molar-refractivity contribution >= 4 is 25.8 Å². The van der Waals surface area contributed by atoms with E-state index in [1.807, 2.05) is 0 Å². The van der Waals surface area contributed by atoms with Crippen molar-refractivity contribution in [3.63, 3.8) is 0 Å². The highest BCUT2D eigenvalue weighted by Crippen LogP contribution is 2.18. The molecular formula is C8H16N2O5S2. The van der Waals surface area contributed by atoms with Gasteiger partial charge in [0.1, 0.15) is 0 Å². The molecule has 0 aromatic heterocycles. The first-order chi connectivity index (χ1) is 7.70. The summed E-state index contributed by atoms with van der Waals surface area (Å²) in [5.41, 5.74) is 0. The lowest BCUT2D eigenvalue weighted by atomic mass is 10.1. The SMILES string of the molecule is NS(=O)(=O)CCCNC(=O)C1CCS(=O)(=O)C1. The summed E-state index contributed by atoms with van der Waals surface area (Å²) in [6.45, 7) is 0.186. The van der Waals surface area contributed by atoms with Gasteiger partial charge in [0.15, 0.2) is 9.84 Å². The van der Waals surface area contributed by atoms with Crippen LogP contribution in [0.3, 0.4) is 0 Å². The number of sulfone groups is 1. The minimum atomic E-state index is -3.51. The fourth-order valence-electron chi connectivity index (χ4n) is 1.63. The Kier molecular flexibility index (Phi) is 4.50. The lowest BCUT2D eigenvalue weighted by Crippen LogP contribution is -2.33.